The standard InChI is InChI=1S/C9H16N2O/c1-11(8-12-2)6-4-9-3-5-10-7-9/h3,5,7,10H,4,6,8H2,1-2H3. The Labute approximate surface area is 73.3 Å². The molecule has 12 heavy (non-hydrogen) atoms. The van der Waals surface area contributed by atoms with Crippen LogP contribution in [0.1, 0.15) is 5.56 Å². The highest BCUT2D eigenvalue weighted by Gasteiger charge is 1.97. The molecule has 0 atom stereocenters. The van der Waals surface area contributed by atoms with Crippen LogP contribution in [0.2, 0.25) is 0 Å². The van der Waals surface area contributed by atoms with E-state index in [1.807, 2.05) is 12.4 Å². The van der Waals surface area contributed by atoms with Gasteiger partial charge >= 0.3 is 0 Å². The van der Waals surface area contributed by atoms with Crippen LogP contribution in [0.3, 0.4) is 0 Å². The largest absolute Gasteiger partial charge is 0.369 e. The van der Waals surface area contributed by atoms with Crippen LogP contribution in [0.5, 0.6) is 0 Å². The number of rotatable bonds is 5. The maximum absolute atomic E-state index is 4.99. The molecule has 1 heterocycles. The number of H-pyrrole nitrogens is 1. The van der Waals surface area contributed by atoms with Crippen LogP contribution in [-0.4, -0.2) is 37.3 Å². The molecule has 0 saturated heterocycles. The minimum atomic E-state index is 0.699. The van der Waals surface area contributed by atoms with E-state index in [1.54, 1.807) is 7.11 Å². The third kappa shape index (κ3) is 3.07. The van der Waals surface area contributed by atoms with Crippen LogP contribution in [0.4, 0.5) is 0 Å². The number of nitrogens with zero attached hydrogens (tertiary/aromatic N) is 1. The second-order valence-electron chi connectivity index (χ2n) is 2.97. The van der Waals surface area contributed by atoms with Gasteiger partial charge < -0.3 is 9.72 Å². The maximum atomic E-state index is 4.99. The summed E-state index contributed by atoms with van der Waals surface area (Å²) in [6, 6.07) is 2.10. The van der Waals surface area contributed by atoms with Crippen LogP contribution in [-0.2, 0) is 11.2 Å². The second kappa shape index (κ2) is 4.95. The lowest BCUT2D eigenvalue weighted by atomic mass is 10.2. The Bertz CT molecular complexity index is 196. The molecule has 3 heteroatoms. The molecule has 0 bridgehead atoms. The Hall–Kier alpha value is -0.800. The minimum absolute atomic E-state index is 0.699. The lowest BCUT2D eigenvalue weighted by Crippen LogP contribution is -2.23. The lowest BCUT2D eigenvalue weighted by molar-refractivity contribution is 0.0827. The monoisotopic (exact) mass is 168 g/mol. The molecule has 1 aromatic rings. The van der Waals surface area contributed by atoms with Crippen molar-refractivity contribution in [1.82, 2.24) is 9.88 Å². The van der Waals surface area contributed by atoms with Gasteiger partial charge in [-0.15, -0.1) is 0 Å². The number of aromatic amines is 1. The quantitative estimate of drug-likeness (QED) is 0.667. The molecule has 0 radical (unpaired) electrons. The summed E-state index contributed by atoms with van der Waals surface area (Å²) in [6.07, 6.45) is 5.05. The number of methoxy groups -OCH3 is 1. The van der Waals surface area contributed by atoms with E-state index in [-0.39, 0.29) is 0 Å². The topological polar surface area (TPSA) is 28.3 Å². The SMILES string of the molecule is COCN(C)CCc1cc[nH]c1. The van der Waals surface area contributed by atoms with Crippen LogP contribution in [0.25, 0.3) is 0 Å². The van der Waals surface area contributed by atoms with Gasteiger partial charge in [0.2, 0.25) is 0 Å². The van der Waals surface area contributed by atoms with Gasteiger partial charge in [-0.05, 0) is 25.1 Å². The van der Waals surface area contributed by atoms with Crippen LogP contribution in [0, 0.1) is 0 Å². The molecule has 0 aliphatic carbocycles. The molecule has 0 amide bonds. The fourth-order valence-electron chi connectivity index (χ4n) is 1.12. The molecule has 1 rings (SSSR count). The van der Waals surface area contributed by atoms with Crippen molar-refractivity contribution in [2.75, 3.05) is 27.4 Å². The lowest BCUT2D eigenvalue weighted by Gasteiger charge is -2.13. The van der Waals surface area contributed by atoms with Gasteiger partial charge in [0, 0.05) is 26.0 Å². The Balaban J connectivity index is 2.17. The third-order valence-corrected chi connectivity index (χ3v) is 1.79. The molecule has 0 aromatic carbocycles. The molecule has 0 aliphatic rings. The highest BCUT2D eigenvalue weighted by molar-refractivity contribution is 5.08. The van der Waals surface area contributed by atoms with Crippen molar-refractivity contribution in [2.24, 2.45) is 0 Å². The van der Waals surface area contributed by atoms with Gasteiger partial charge in [-0.3, -0.25) is 4.90 Å². The number of ether oxygens (including phenoxy) is 1. The van der Waals surface area contributed by atoms with Crippen molar-refractivity contribution in [3.05, 3.63) is 24.0 Å². The molecular formula is C9H16N2O. The van der Waals surface area contributed by atoms with E-state index in [1.165, 1.54) is 5.56 Å². The van der Waals surface area contributed by atoms with Crippen molar-refractivity contribution in [3.8, 4) is 0 Å². The van der Waals surface area contributed by atoms with Crippen molar-refractivity contribution in [1.29, 1.82) is 0 Å². The summed E-state index contributed by atoms with van der Waals surface area (Å²) in [5.41, 5.74) is 1.35. The van der Waals surface area contributed by atoms with Gasteiger partial charge in [-0.1, -0.05) is 0 Å². The summed E-state index contributed by atoms with van der Waals surface area (Å²) in [5.74, 6) is 0. The van der Waals surface area contributed by atoms with E-state index >= 15 is 0 Å². The molecule has 0 fully saturated rings. The average Bonchev–Trinajstić information content (AvgIpc) is 2.53. The van der Waals surface area contributed by atoms with Crippen molar-refractivity contribution in [3.63, 3.8) is 0 Å². The number of likely N-dealkylation sites (N-methyl/N-ethyl adjacent to an activating group) is 1. The summed E-state index contributed by atoms with van der Waals surface area (Å²) < 4.78 is 4.99. The van der Waals surface area contributed by atoms with Gasteiger partial charge in [0.1, 0.15) is 0 Å². The third-order valence-electron chi connectivity index (χ3n) is 1.79. The molecule has 0 saturated carbocycles. The summed E-state index contributed by atoms with van der Waals surface area (Å²) in [7, 11) is 3.77. The zero-order chi connectivity index (χ0) is 8.81. The van der Waals surface area contributed by atoms with Crippen molar-refractivity contribution < 1.29 is 4.74 Å². The predicted octanol–water partition coefficient (Wildman–Crippen LogP) is 1.09. The maximum Gasteiger partial charge on any atom is 0.0984 e. The second-order valence-corrected chi connectivity index (χ2v) is 2.97. The fraction of sp³-hybridized carbons (Fsp3) is 0.556. The molecule has 68 valence electrons. The van der Waals surface area contributed by atoms with E-state index in [4.69, 9.17) is 4.74 Å². The average molecular weight is 168 g/mol. The molecule has 1 N–H and O–H groups in total. The predicted molar refractivity (Wildman–Crippen MR) is 49.0 cm³/mol. The smallest absolute Gasteiger partial charge is 0.0984 e. The Morgan fingerprint density at radius 2 is 2.42 bits per heavy atom. The van der Waals surface area contributed by atoms with Crippen LogP contribution >= 0.6 is 0 Å². The van der Waals surface area contributed by atoms with Gasteiger partial charge in [0.25, 0.3) is 0 Å². The number of aromatic nitrogens is 1. The Morgan fingerprint density at radius 3 is 3.00 bits per heavy atom. The molecule has 3 nitrogen and oxygen atoms in total. The highest BCUT2D eigenvalue weighted by Crippen LogP contribution is 1.98. The number of hydrogen-bond acceptors (Lipinski definition) is 2. The van der Waals surface area contributed by atoms with Gasteiger partial charge in [-0.2, -0.15) is 0 Å². The zero-order valence-corrected chi connectivity index (χ0v) is 7.71. The summed E-state index contributed by atoms with van der Waals surface area (Å²) in [5, 5.41) is 0. The van der Waals surface area contributed by atoms with Crippen LogP contribution < -0.4 is 0 Å². The molecular weight excluding hydrogens is 152 g/mol. The van der Waals surface area contributed by atoms with Crippen molar-refractivity contribution in [2.45, 2.75) is 6.42 Å². The molecule has 0 unspecified atom stereocenters. The first kappa shape index (κ1) is 9.29. The first-order chi connectivity index (χ1) is 5.83. The number of hydrogen-bond donors (Lipinski definition) is 1. The summed E-state index contributed by atoms with van der Waals surface area (Å²) in [4.78, 5) is 5.18. The molecule has 1 aromatic heterocycles. The fourth-order valence-corrected chi connectivity index (χ4v) is 1.12. The van der Waals surface area contributed by atoms with Gasteiger partial charge in [0.05, 0.1) is 6.73 Å². The van der Waals surface area contributed by atoms with E-state index in [0.717, 1.165) is 13.0 Å². The number of nitrogens with one attached hydrogen (secondary N) is 1. The van der Waals surface area contributed by atoms with Gasteiger partial charge in [0.15, 0.2) is 0 Å². The van der Waals surface area contributed by atoms with Gasteiger partial charge in [-0.25, -0.2) is 0 Å². The Morgan fingerprint density at radius 1 is 1.58 bits per heavy atom. The normalized spacial score (nSPS) is 10.9. The Kier molecular flexibility index (Phi) is 3.84. The minimum Gasteiger partial charge on any atom is -0.369 e. The molecule has 0 spiro atoms. The molecule has 0 aliphatic heterocycles. The van der Waals surface area contributed by atoms with E-state index < -0.39 is 0 Å². The van der Waals surface area contributed by atoms with Crippen molar-refractivity contribution >= 4 is 0 Å². The first-order valence-electron chi connectivity index (χ1n) is 4.12. The van der Waals surface area contributed by atoms with E-state index in [0.29, 0.717) is 6.73 Å². The van der Waals surface area contributed by atoms with E-state index in [2.05, 4.69) is 23.0 Å². The van der Waals surface area contributed by atoms with E-state index in [9.17, 15) is 0 Å². The zero-order valence-electron chi connectivity index (χ0n) is 7.71. The first-order valence-corrected chi connectivity index (χ1v) is 4.12. The summed E-state index contributed by atoms with van der Waals surface area (Å²) >= 11 is 0. The summed E-state index contributed by atoms with van der Waals surface area (Å²) in [6.45, 7) is 1.73. The highest BCUT2D eigenvalue weighted by atomic mass is 16.5. The van der Waals surface area contributed by atoms with Crippen LogP contribution in [0.15, 0.2) is 18.5 Å².